The molecule has 0 spiro atoms. The van der Waals surface area contributed by atoms with E-state index < -0.39 is 0 Å². The number of hydrogen-bond donors (Lipinski definition) is 2. The molecule has 214 valence electrons. The minimum Gasteiger partial charge on any atom is -0.496 e. The van der Waals surface area contributed by atoms with E-state index in [1.54, 1.807) is 37.4 Å². The molecule has 3 unspecified atom stereocenters. The summed E-state index contributed by atoms with van der Waals surface area (Å²) in [5.41, 5.74) is 8.51. The lowest BCUT2D eigenvalue weighted by molar-refractivity contribution is -0.00660. The summed E-state index contributed by atoms with van der Waals surface area (Å²) in [6, 6.07) is 16.1. The summed E-state index contributed by atoms with van der Waals surface area (Å²) < 4.78 is 38.3. The molecule has 4 rings (SSSR count). The molecule has 9 heteroatoms. The third-order valence-corrected chi connectivity index (χ3v) is 8.14. The number of hydrogen-bond acceptors (Lipinski definition) is 5. The Kier molecular flexibility index (Phi) is 10.0. The number of piperidine rings is 1. The summed E-state index contributed by atoms with van der Waals surface area (Å²) in [5, 5.41) is 3.38. The largest absolute Gasteiger partial charge is 0.496 e. The highest BCUT2D eigenvalue weighted by atomic mass is 35.5. The highest BCUT2D eigenvalue weighted by Crippen LogP contribution is 2.32. The number of anilines is 1. The van der Waals surface area contributed by atoms with E-state index in [2.05, 4.69) is 17.1 Å². The van der Waals surface area contributed by atoms with Crippen molar-refractivity contribution in [3.63, 3.8) is 0 Å². The summed E-state index contributed by atoms with van der Waals surface area (Å²) in [4.78, 5) is 15.5. The van der Waals surface area contributed by atoms with Crippen LogP contribution in [-0.2, 0) is 4.74 Å². The third kappa shape index (κ3) is 7.11. The van der Waals surface area contributed by atoms with E-state index in [0.717, 1.165) is 30.5 Å². The second kappa shape index (κ2) is 13.4. The van der Waals surface area contributed by atoms with Gasteiger partial charge in [0.15, 0.2) is 0 Å². The van der Waals surface area contributed by atoms with Crippen LogP contribution in [-0.4, -0.2) is 56.3 Å². The van der Waals surface area contributed by atoms with Gasteiger partial charge in [0.2, 0.25) is 0 Å². The van der Waals surface area contributed by atoms with Gasteiger partial charge in [0, 0.05) is 38.2 Å². The van der Waals surface area contributed by atoms with Crippen LogP contribution in [0.15, 0.2) is 60.7 Å². The zero-order valence-corrected chi connectivity index (χ0v) is 23.8. The van der Waals surface area contributed by atoms with E-state index in [0.29, 0.717) is 30.0 Å². The van der Waals surface area contributed by atoms with Gasteiger partial charge in [-0.3, -0.25) is 9.69 Å². The quantitative estimate of drug-likeness (QED) is 0.291. The first-order valence-corrected chi connectivity index (χ1v) is 13.8. The SMILES string of the molecule is COc1cc(N)c(Cl)cc1C(=O)NC1CCN(C(C)CCC(c2ccc(F)cc2)c2ccc(F)cc2)CC1OC. The van der Waals surface area contributed by atoms with E-state index in [9.17, 15) is 13.6 Å². The van der Waals surface area contributed by atoms with Crippen LogP contribution in [0.25, 0.3) is 0 Å². The average Bonchev–Trinajstić information content (AvgIpc) is 2.96. The number of methoxy groups -OCH3 is 2. The van der Waals surface area contributed by atoms with Crippen LogP contribution in [0.1, 0.15) is 53.6 Å². The molecule has 1 fully saturated rings. The van der Waals surface area contributed by atoms with Gasteiger partial charge >= 0.3 is 0 Å². The van der Waals surface area contributed by atoms with Crippen LogP contribution in [0, 0.1) is 11.6 Å². The molecule has 1 aliphatic heterocycles. The van der Waals surface area contributed by atoms with Crippen LogP contribution in [0.3, 0.4) is 0 Å². The molecule has 0 aromatic heterocycles. The highest BCUT2D eigenvalue weighted by Gasteiger charge is 2.33. The predicted molar refractivity (Wildman–Crippen MR) is 154 cm³/mol. The zero-order chi connectivity index (χ0) is 28.8. The van der Waals surface area contributed by atoms with Gasteiger partial charge in [-0.05, 0) is 67.6 Å². The van der Waals surface area contributed by atoms with Gasteiger partial charge in [-0.25, -0.2) is 8.78 Å². The first-order chi connectivity index (χ1) is 19.2. The zero-order valence-electron chi connectivity index (χ0n) is 23.0. The summed E-state index contributed by atoms with van der Waals surface area (Å²) in [7, 11) is 3.13. The Balaban J connectivity index is 1.40. The van der Waals surface area contributed by atoms with Crippen molar-refractivity contribution < 1.29 is 23.0 Å². The van der Waals surface area contributed by atoms with E-state index in [4.69, 9.17) is 26.8 Å². The van der Waals surface area contributed by atoms with Crippen molar-refractivity contribution in [3.8, 4) is 5.75 Å². The third-order valence-electron chi connectivity index (χ3n) is 7.81. The van der Waals surface area contributed by atoms with Crippen LogP contribution in [0.4, 0.5) is 14.5 Å². The number of benzene rings is 3. The minimum absolute atomic E-state index is 0.0143. The van der Waals surface area contributed by atoms with Gasteiger partial charge < -0.3 is 20.5 Å². The smallest absolute Gasteiger partial charge is 0.255 e. The number of nitrogens with two attached hydrogens (primary N) is 1. The number of rotatable bonds is 10. The van der Waals surface area contributed by atoms with Crippen LogP contribution >= 0.6 is 11.6 Å². The summed E-state index contributed by atoms with van der Waals surface area (Å²) in [5.74, 6) is -0.493. The fourth-order valence-corrected chi connectivity index (χ4v) is 5.58. The monoisotopic (exact) mass is 571 g/mol. The van der Waals surface area contributed by atoms with Gasteiger partial charge in [-0.15, -0.1) is 0 Å². The van der Waals surface area contributed by atoms with Crippen LogP contribution in [0.2, 0.25) is 5.02 Å². The molecular formula is C31H36ClF2N3O3. The molecule has 1 saturated heterocycles. The number of nitrogens with one attached hydrogen (secondary N) is 1. The van der Waals surface area contributed by atoms with Gasteiger partial charge in [0.25, 0.3) is 5.91 Å². The Morgan fingerprint density at radius 2 is 1.65 bits per heavy atom. The van der Waals surface area contributed by atoms with E-state index in [1.165, 1.54) is 37.4 Å². The standard InChI is InChI=1S/C31H36ClF2N3O3/c1-19(4-13-24(20-5-9-22(33)10-6-20)21-7-11-23(34)12-8-21)37-15-14-28(30(18-37)40-3)36-31(38)25-16-26(32)27(35)17-29(25)39-2/h5-12,16-17,19,24,28,30H,4,13-15,18,35H2,1-3H3,(H,36,38). The molecule has 40 heavy (non-hydrogen) atoms. The lowest BCUT2D eigenvalue weighted by Crippen LogP contribution is -2.56. The topological polar surface area (TPSA) is 76.8 Å². The molecule has 3 aromatic carbocycles. The fourth-order valence-electron chi connectivity index (χ4n) is 5.41. The maximum absolute atomic E-state index is 13.6. The lowest BCUT2D eigenvalue weighted by atomic mass is 9.86. The van der Waals surface area contributed by atoms with Crippen molar-refractivity contribution in [1.29, 1.82) is 0 Å². The molecule has 3 N–H and O–H groups in total. The molecule has 3 aromatic rings. The molecule has 1 aliphatic rings. The maximum atomic E-state index is 13.6. The Labute approximate surface area is 239 Å². The number of ether oxygens (including phenoxy) is 2. The Morgan fingerprint density at radius 3 is 2.20 bits per heavy atom. The Morgan fingerprint density at radius 1 is 1.05 bits per heavy atom. The van der Waals surface area contributed by atoms with Crippen molar-refractivity contribution in [3.05, 3.63) is 94.0 Å². The van der Waals surface area contributed by atoms with Crippen LogP contribution < -0.4 is 15.8 Å². The number of carbonyl (C=O) groups excluding carboxylic acids is 1. The minimum atomic E-state index is -0.297. The van der Waals surface area contributed by atoms with Crippen molar-refractivity contribution in [2.45, 2.75) is 50.3 Å². The molecule has 0 saturated carbocycles. The average molecular weight is 572 g/mol. The summed E-state index contributed by atoms with van der Waals surface area (Å²) >= 11 is 6.16. The van der Waals surface area contributed by atoms with Crippen molar-refractivity contribution in [1.82, 2.24) is 10.2 Å². The molecule has 1 heterocycles. The normalized spacial score (nSPS) is 18.5. The summed E-state index contributed by atoms with van der Waals surface area (Å²) in [6.07, 6.45) is 2.18. The molecule has 3 atom stereocenters. The maximum Gasteiger partial charge on any atom is 0.255 e. The number of amides is 1. The molecule has 0 radical (unpaired) electrons. The predicted octanol–water partition coefficient (Wildman–Crippen LogP) is 6.03. The van der Waals surface area contributed by atoms with Crippen molar-refractivity contribution >= 4 is 23.2 Å². The fraction of sp³-hybridized carbons (Fsp3) is 0.387. The Bertz CT molecular complexity index is 1240. The van der Waals surface area contributed by atoms with E-state index in [1.807, 2.05) is 0 Å². The van der Waals surface area contributed by atoms with E-state index in [-0.39, 0.29) is 46.7 Å². The highest BCUT2D eigenvalue weighted by molar-refractivity contribution is 6.33. The molecule has 6 nitrogen and oxygen atoms in total. The number of nitrogen functional groups attached to an aromatic ring is 1. The van der Waals surface area contributed by atoms with Crippen LogP contribution in [0.5, 0.6) is 5.75 Å². The van der Waals surface area contributed by atoms with Gasteiger partial charge in [-0.2, -0.15) is 0 Å². The van der Waals surface area contributed by atoms with Gasteiger partial charge in [-0.1, -0.05) is 35.9 Å². The molecule has 0 bridgehead atoms. The molecule has 0 aliphatic carbocycles. The lowest BCUT2D eigenvalue weighted by Gasteiger charge is -2.41. The number of halogens is 3. The van der Waals surface area contributed by atoms with Crippen molar-refractivity contribution in [2.75, 3.05) is 33.0 Å². The van der Waals surface area contributed by atoms with Crippen molar-refractivity contribution in [2.24, 2.45) is 0 Å². The van der Waals surface area contributed by atoms with E-state index >= 15 is 0 Å². The molecular weight excluding hydrogens is 536 g/mol. The molecule has 1 amide bonds. The first-order valence-electron chi connectivity index (χ1n) is 13.4. The summed E-state index contributed by atoms with van der Waals surface area (Å²) in [6.45, 7) is 3.61. The first kappa shape index (κ1) is 29.8. The second-order valence-corrected chi connectivity index (χ2v) is 10.7. The number of nitrogens with zero attached hydrogens (tertiary/aromatic N) is 1. The number of carbonyl (C=O) groups is 1. The van der Waals surface area contributed by atoms with Gasteiger partial charge in [0.1, 0.15) is 17.4 Å². The number of likely N-dealkylation sites (tertiary alicyclic amines) is 1. The second-order valence-electron chi connectivity index (χ2n) is 10.3. The van der Waals surface area contributed by atoms with Gasteiger partial charge in [0.05, 0.1) is 35.5 Å². The Hall–Kier alpha value is -3.20.